The number of rotatable bonds is 8. The maximum Gasteiger partial charge on any atom is 0.212 e. The Morgan fingerprint density at radius 1 is 1.10 bits per heavy atom. The lowest BCUT2D eigenvalue weighted by Gasteiger charge is -2.30. The summed E-state index contributed by atoms with van der Waals surface area (Å²) in [7, 11) is 5.14. The maximum atomic E-state index is 5.63. The quantitative estimate of drug-likeness (QED) is 0.314. The molecule has 1 aliphatic rings. The third-order valence-electron chi connectivity index (χ3n) is 5.23. The SMILES string of the molecule is CN=C(NCc1ccc(OC)nc1)NCC(c1ccccc1OC)N1CCCC1.I. The van der Waals surface area contributed by atoms with Crippen molar-refractivity contribution in [3.05, 3.63) is 53.7 Å². The van der Waals surface area contributed by atoms with Crippen LogP contribution in [0.4, 0.5) is 0 Å². The van der Waals surface area contributed by atoms with Crippen LogP contribution in [0.1, 0.15) is 30.0 Å². The van der Waals surface area contributed by atoms with E-state index in [0.717, 1.165) is 36.9 Å². The molecule has 0 saturated carbocycles. The van der Waals surface area contributed by atoms with E-state index in [1.54, 1.807) is 27.5 Å². The van der Waals surface area contributed by atoms with Gasteiger partial charge in [0.1, 0.15) is 5.75 Å². The number of ether oxygens (including phenoxy) is 2. The Morgan fingerprint density at radius 3 is 2.50 bits per heavy atom. The minimum absolute atomic E-state index is 0. The Hall–Kier alpha value is -2.07. The fraction of sp³-hybridized carbons (Fsp3) is 0.455. The van der Waals surface area contributed by atoms with Crippen LogP contribution in [0.25, 0.3) is 0 Å². The first-order valence-electron chi connectivity index (χ1n) is 10.1. The zero-order chi connectivity index (χ0) is 20.5. The molecule has 2 aromatic rings. The van der Waals surface area contributed by atoms with Gasteiger partial charge in [0, 0.05) is 38.0 Å². The zero-order valence-electron chi connectivity index (χ0n) is 17.9. The fourth-order valence-corrected chi connectivity index (χ4v) is 3.67. The number of aromatic nitrogens is 1. The van der Waals surface area contributed by atoms with Gasteiger partial charge in [-0.25, -0.2) is 4.98 Å². The standard InChI is InChI=1S/C22H31N5O2.HI/c1-23-22(25-15-17-10-11-21(29-3)24-14-17)26-16-19(27-12-6-7-13-27)18-8-4-5-9-20(18)28-2;/h4-5,8-11,14,19H,6-7,12-13,15-16H2,1-3H3,(H2,23,25,26);1H. The van der Waals surface area contributed by atoms with Crippen LogP contribution in [-0.2, 0) is 6.54 Å². The maximum absolute atomic E-state index is 5.63. The molecule has 164 valence electrons. The van der Waals surface area contributed by atoms with E-state index >= 15 is 0 Å². The lowest BCUT2D eigenvalue weighted by Crippen LogP contribution is -2.42. The monoisotopic (exact) mass is 525 g/mol. The molecule has 1 aliphatic heterocycles. The van der Waals surface area contributed by atoms with Crippen LogP contribution >= 0.6 is 24.0 Å². The predicted octanol–water partition coefficient (Wildman–Crippen LogP) is 3.22. The van der Waals surface area contributed by atoms with E-state index in [4.69, 9.17) is 9.47 Å². The van der Waals surface area contributed by atoms with E-state index < -0.39 is 0 Å². The largest absolute Gasteiger partial charge is 0.496 e. The molecule has 2 N–H and O–H groups in total. The van der Waals surface area contributed by atoms with Crippen molar-refractivity contribution in [2.24, 2.45) is 4.99 Å². The van der Waals surface area contributed by atoms with Crippen LogP contribution in [-0.4, -0.2) is 56.7 Å². The van der Waals surface area contributed by atoms with E-state index in [0.29, 0.717) is 12.4 Å². The number of hydrogen-bond acceptors (Lipinski definition) is 5. The molecule has 30 heavy (non-hydrogen) atoms. The Bertz CT molecular complexity index is 794. The average Bonchev–Trinajstić information content (AvgIpc) is 3.31. The average molecular weight is 525 g/mol. The summed E-state index contributed by atoms with van der Waals surface area (Å²) in [5.41, 5.74) is 2.27. The molecule has 0 spiro atoms. The number of para-hydroxylation sites is 1. The van der Waals surface area contributed by atoms with Gasteiger partial charge in [0.25, 0.3) is 0 Å². The molecular weight excluding hydrogens is 493 g/mol. The number of likely N-dealkylation sites (tertiary alicyclic amines) is 1. The number of halogens is 1. The van der Waals surface area contributed by atoms with Gasteiger partial charge in [-0.15, -0.1) is 24.0 Å². The molecule has 8 heteroatoms. The number of benzene rings is 1. The van der Waals surface area contributed by atoms with Crippen molar-refractivity contribution in [3.63, 3.8) is 0 Å². The first kappa shape index (κ1) is 24.2. The molecule has 1 atom stereocenters. The summed E-state index contributed by atoms with van der Waals surface area (Å²) < 4.78 is 10.7. The normalized spacial score (nSPS) is 15.2. The van der Waals surface area contributed by atoms with Crippen molar-refractivity contribution in [2.45, 2.75) is 25.4 Å². The van der Waals surface area contributed by atoms with E-state index in [9.17, 15) is 0 Å². The first-order valence-corrected chi connectivity index (χ1v) is 10.1. The molecule has 0 amide bonds. The van der Waals surface area contributed by atoms with Gasteiger partial charge in [0.05, 0.1) is 20.3 Å². The number of nitrogens with one attached hydrogen (secondary N) is 2. The van der Waals surface area contributed by atoms with Gasteiger partial charge < -0.3 is 20.1 Å². The third kappa shape index (κ3) is 6.46. The Kier molecular flexibility index (Phi) is 10.2. The zero-order valence-corrected chi connectivity index (χ0v) is 20.3. The minimum atomic E-state index is 0. The van der Waals surface area contributed by atoms with Crippen molar-refractivity contribution in [2.75, 3.05) is 40.9 Å². The van der Waals surface area contributed by atoms with Gasteiger partial charge in [-0.1, -0.05) is 24.3 Å². The molecule has 0 bridgehead atoms. The molecule has 1 aromatic carbocycles. The lowest BCUT2D eigenvalue weighted by atomic mass is 10.0. The summed E-state index contributed by atoms with van der Waals surface area (Å²) in [5, 5.41) is 6.84. The van der Waals surface area contributed by atoms with Crippen molar-refractivity contribution in [1.82, 2.24) is 20.5 Å². The van der Waals surface area contributed by atoms with Crippen molar-refractivity contribution >= 4 is 29.9 Å². The second kappa shape index (κ2) is 12.6. The van der Waals surface area contributed by atoms with Gasteiger partial charge in [0.2, 0.25) is 5.88 Å². The van der Waals surface area contributed by atoms with Crippen molar-refractivity contribution < 1.29 is 9.47 Å². The number of nitrogens with zero attached hydrogens (tertiary/aromatic N) is 3. The molecule has 7 nitrogen and oxygen atoms in total. The van der Waals surface area contributed by atoms with Gasteiger partial charge in [-0.05, 0) is 37.6 Å². The highest BCUT2D eigenvalue weighted by atomic mass is 127. The second-order valence-electron chi connectivity index (χ2n) is 7.02. The van der Waals surface area contributed by atoms with Crippen molar-refractivity contribution in [1.29, 1.82) is 0 Å². The van der Waals surface area contributed by atoms with Gasteiger partial charge >= 0.3 is 0 Å². The lowest BCUT2D eigenvalue weighted by molar-refractivity contribution is 0.239. The second-order valence-corrected chi connectivity index (χ2v) is 7.02. The number of hydrogen-bond donors (Lipinski definition) is 2. The van der Waals surface area contributed by atoms with E-state index in [1.807, 2.05) is 24.3 Å². The molecule has 2 heterocycles. The number of guanidine groups is 1. The molecule has 0 aliphatic carbocycles. The third-order valence-corrected chi connectivity index (χ3v) is 5.23. The van der Waals surface area contributed by atoms with Crippen LogP contribution < -0.4 is 20.1 Å². The Labute approximate surface area is 196 Å². The van der Waals surface area contributed by atoms with E-state index in [2.05, 4.69) is 37.6 Å². The molecule has 1 unspecified atom stereocenters. The Morgan fingerprint density at radius 2 is 1.87 bits per heavy atom. The van der Waals surface area contributed by atoms with Gasteiger partial charge in [-0.2, -0.15) is 0 Å². The van der Waals surface area contributed by atoms with Crippen LogP contribution in [0.3, 0.4) is 0 Å². The fourth-order valence-electron chi connectivity index (χ4n) is 3.67. The molecule has 1 fully saturated rings. The van der Waals surface area contributed by atoms with Crippen molar-refractivity contribution in [3.8, 4) is 11.6 Å². The van der Waals surface area contributed by atoms with E-state index in [-0.39, 0.29) is 30.0 Å². The van der Waals surface area contributed by atoms with E-state index in [1.165, 1.54) is 18.4 Å². The van der Waals surface area contributed by atoms with Gasteiger partial charge in [0.15, 0.2) is 5.96 Å². The highest BCUT2D eigenvalue weighted by Crippen LogP contribution is 2.31. The summed E-state index contributed by atoms with van der Waals surface area (Å²) in [6.07, 6.45) is 4.28. The topological polar surface area (TPSA) is 71.0 Å². The molecular formula is C22H32IN5O2. The number of aliphatic imine (C=N–C) groups is 1. The van der Waals surface area contributed by atoms with Crippen LogP contribution in [0.5, 0.6) is 11.6 Å². The predicted molar refractivity (Wildman–Crippen MR) is 131 cm³/mol. The summed E-state index contributed by atoms with van der Waals surface area (Å²) in [4.78, 5) is 11.1. The molecule has 0 radical (unpaired) electrons. The molecule has 1 saturated heterocycles. The van der Waals surface area contributed by atoms with Crippen LogP contribution in [0.15, 0.2) is 47.6 Å². The smallest absolute Gasteiger partial charge is 0.212 e. The number of pyridine rings is 1. The highest BCUT2D eigenvalue weighted by molar-refractivity contribution is 14.0. The summed E-state index contributed by atoms with van der Waals surface area (Å²) >= 11 is 0. The van der Waals surface area contributed by atoms with Crippen LogP contribution in [0.2, 0.25) is 0 Å². The first-order chi connectivity index (χ1) is 14.2. The molecule has 3 rings (SSSR count). The summed E-state index contributed by atoms with van der Waals surface area (Å²) in [5.74, 6) is 2.31. The summed E-state index contributed by atoms with van der Waals surface area (Å²) in [6, 6.07) is 12.4. The molecule has 1 aromatic heterocycles. The Balaban J connectivity index is 0.00000320. The number of methoxy groups -OCH3 is 2. The minimum Gasteiger partial charge on any atom is -0.496 e. The summed E-state index contributed by atoms with van der Waals surface area (Å²) in [6.45, 7) is 3.60. The highest BCUT2D eigenvalue weighted by Gasteiger charge is 2.26. The van der Waals surface area contributed by atoms with Crippen LogP contribution in [0, 0.1) is 0 Å². The van der Waals surface area contributed by atoms with Gasteiger partial charge in [-0.3, -0.25) is 9.89 Å².